The smallest absolute Gasteiger partial charge is 0.161 e. The molecule has 0 bridgehead atoms. The fraction of sp³-hybridized carbons (Fsp3) is 0.125. The minimum absolute atomic E-state index is 0.0699. The summed E-state index contributed by atoms with van der Waals surface area (Å²) in [6, 6.07) is 7.99. The number of hydrogen-bond acceptors (Lipinski definition) is 2. The highest BCUT2D eigenvalue weighted by molar-refractivity contribution is 5.78. The molecule has 108 valence electrons. The molecule has 1 heterocycles. The lowest BCUT2D eigenvalue weighted by atomic mass is 10.1. The zero-order chi connectivity index (χ0) is 15.1. The summed E-state index contributed by atoms with van der Waals surface area (Å²) in [4.78, 5) is 0. The average Bonchev–Trinajstić information content (AvgIpc) is 2.85. The molecule has 0 spiro atoms. The molecule has 3 rings (SSSR count). The molecule has 0 aliphatic rings. The van der Waals surface area contributed by atoms with Crippen LogP contribution in [0.5, 0.6) is 0 Å². The van der Waals surface area contributed by atoms with E-state index in [4.69, 9.17) is 4.42 Å². The van der Waals surface area contributed by atoms with Crippen molar-refractivity contribution >= 4 is 11.0 Å². The third kappa shape index (κ3) is 2.40. The predicted octanol–water partition coefficient (Wildman–Crippen LogP) is 4.24. The van der Waals surface area contributed by atoms with Gasteiger partial charge in [0.25, 0.3) is 0 Å². The van der Waals surface area contributed by atoms with Crippen molar-refractivity contribution < 1.29 is 22.7 Å². The second-order valence-electron chi connectivity index (χ2n) is 4.88. The van der Waals surface area contributed by atoms with E-state index < -0.39 is 23.6 Å². The van der Waals surface area contributed by atoms with Crippen LogP contribution in [-0.4, -0.2) is 5.11 Å². The molecule has 3 aromatic rings. The quantitative estimate of drug-likeness (QED) is 0.717. The first-order valence-corrected chi connectivity index (χ1v) is 6.28. The van der Waals surface area contributed by atoms with Crippen molar-refractivity contribution in [3.63, 3.8) is 0 Å². The molecule has 0 aliphatic heterocycles. The van der Waals surface area contributed by atoms with Gasteiger partial charge < -0.3 is 9.52 Å². The van der Waals surface area contributed by atoms with Crippen LogP contribution in [0.3, 0.4) is 0 Å². The lowest BCUT2D eigenvalue weighted by molar-refractivity contribution is 0.186. The number of hydrogen-bond donors (Lipinski definition) is 1. The van der Waals surface area contributed by atoms with E-state index in [1.54, 1.807) is 12.1 Å². The van der Waals surface area contributed by atoms with Crippen LogP contribution in [-0.2, 0) is 0 Å². The highest BCUT2D eigenvalue weighted by atomic mass is 19.2. The Bertz CT molecular complexity index is 824. The lowest BCUT2D eigenvalue weighted by Crippen LogP contribution is -2.03. The number of furan rings is 1. The van der Waals surface area contributed by atoms with Gasteiger partial charge in [-0.1, -0.05) is 11.6 Å². The van der Waals surface area contributed by atoms with Gasteiger partial charge in [-0.05, 0) is 31.2 Å². The maximum atomic E-state index is 13.7. The standard InChI is InChI=1S/C16H11F3O2/c1-8-2-3-14-9(4-8)5-15(21-14)16(20)10-6-12(18)13(19)7-11(10)17/h2-7,16,20H,1H3. The summed E-state index contributed by atoms with van der Waals surface area (Å²) in [6.45, 7) is 1.90. The molecule has 1 atom stereocenters. The molecule has 1 aromatic heterocycles. The van der Waals surface area contributed by atoms with E-state index in [-0.39, 0.29) is 11.3 Å². The van der Waals surface area contributed by atoms with Gasteiger partial charge >= 0.3 is 0 Å². The highest BCUT2D eigenvalue weighted by Crippen LogP contribution is 2.30. The normalized spacial score (nSPS) is 12.8. The van der Waals surface area contributed by atoms with Gasteiger partial charge in [0.1, 0.15) is 23.3 Å². The summed E-state index contributed by atoms with van der Waals surface area (Å²) in [5, 5.41) is 10.9. The van der Waals surface area contributed by atoms with E-state index in [1.807, 2.05) is 19.1 Å². The van der Waals surface area contributed by atoms with Crippen LogP contribution in [0.25, 0.3) is 11.0 Å². The van der Waals surface area contributed by atoms with Gasteiger partial charge in [-0.2, -0.15) is 0 Å². The molecule has 0 saturated heterocycles. The monoisotopic (exact) mass is 292 g/mol. The van der Waals surface area contributed by atoms with Crippen molar-refractivity contribution in [1.29, 1.82) is 0 Å². The van der Waals surface area contributed by atoms with Gasteiger partial charge in [0.2, 0.25) is 0 Å². The van der Waals surface area contributed by atoms with Crippen LogP contribution in [0.1, 0.15) is 23.0 Å². The van der Waals surface area contributed by atoms with E-state index in [1.165, 1.54) is 0 Å². The Morgan fingerprint density at radius 1 is 0.952 bits per heavy atom. The Morgan fingerprint density at radius 3 is 2.43 bits per heavy atom. The van der Waals surface area contributed by atoms with Crippen molar-refractivity contribution in [1.82, 2.24) is 0 Å². The van der Waals surface area contributed by atoms with Gasteiger partial charge in [0.05, 0.1) is 0 Å². The fourth-order valence-electron chi connectivity index (χ4n) is 2.22. The molecular weight excluding hydrogens is 281 g/mol. The SMILES string of the molecule is Cc1ccc2oc(C(O)c3cc(F)c(F)cc3F)cc2c1. The van der Waals surface area contributed by atoms with Crippen LogP contribution in [0.4, 0.5) is 13.2 Å². The van der Waals surface area contributed by atoms with Crippen molar-refractivity contribution in [2.24, 2.45) is 0 Å². The summed E-state index contributed by atoms with van der Waals surface area (Å²) in [6.07, 6.45) is -1.51. The summed E-state index contributed by atoms with van der Waals surface area (Å²) < 4.78 is 45.2. The van der Waals surface area contributed by atoms with Crippen molar-refractivity contribution in [3.05, 3.63) is 70.7 Å². The summed E-state index contributed by atoms with van der Waals surface area (Å²) in [5.41, 5.74) is 1.16. The molecule has 1 N–H and O–H groups in total. The molecule has 2 nitrogen and oxygen atoms in total. The van der Waals surface area contributed by atoms with Gasteiger partial charge in [0, 0.05) is 17.0 Å². The van der Waals surface area contributed by atoms with Gasteiger partial charge in [0.15, 0.2) is 11.6 Å². The topological polar surface area (TPSA) is 33.4 Å². The van der Waals surface area contributed by atoms with Gasteiger partial charge in [-0.15, -0.1) is 0 Å². The largest absolute Gasteiger partial charge is 0.458 e. The second kappa shape index (κ2) is 4.93. The Hall–Kier alpha value is -2.27. The molecule has 2 aromatic carbocycles. The molecule has 21 heavy (non-hydrogen) atoms. The Kier molecular flexibility index (Phi) is 3.22. The van der Waals surface area contributed by atoms with E-state index >= 15 is 0 Å². The predicted molar refractivity (Wildman–Crippen MR) is 71.3 cm³/mol. The molecule has 0 aliphatic carbocycles. The molecule has 0 saturated carbocycles. The molecule has 5 heteroatoms. The molecule has 1 unspecified atom stereocenters. The van der Waals surface area contributed by atoms with E-state index in [9.17, 15) is 18.3 Å². The molecule has 0 amide bonds. The first kappa shape index (κ1) is 13.7. The Balaban J connectivity index is 2.07. The molecular formula is C16H11F3O2. The minimum atomic E-state index is -1.51. The van der Waals surface area contributed by atoms with Crippen LogP contribution in [0.15, 0.2) is 40.8 Å². The van der Waals surface area contributed by atoms with Crippen LogP contribution >= 0.6 is 0 Å². The third-order valence-electron chi connectivity index (χ3n) is 3.29. The number of rotatable bonds is 2. The van der Waals surface area contributed by atoms with Crippen LogP contribution in [0.2, 0.25) is 0 Å². The second-order valence-corrected chi connectivity index (χ2v) is 4.88. The van der Waals surface area contributed by atoms with Crippen molar-refractivity contribution in [2.75, 3.05) is 0 Å². The number of aryl methyl sites for hydroxylation is 1. The number of fused-ring (bicyclic) bond motifs is 1. The fourth-order valence-corrected chi connectivity index (χ4v) is 2.22. The van der Waals surface area contributed by atoms with Crippen molar-refractivity contribution in [2.45, 2.75) is 13.0 Å². The summed E-state index contributed by atoms with van der Waals surface area (Å²) in [5.74, 6) is -3.49. The third-order valence-corrected chi connectivity index (χ3v) is 3.29. The zero-order valence-electron chi connectivity index (χ0n) is 11.0. The summed E-state index contributed by atoms with van der Waals surface area (Å²) in [7, 11) is 0. The van der Waals surface area contributed by atoms with E-state index in [0.29, 0.717) is 17.7 Å². The Labute approximate surface area is 118 Å². The van der Waals surface area contributed by atoms with Crippen LogP contribution in [0, 0.1) is 24.4 Å². The van der Waals surface area contributed by atoms with E-state index in [0.717, 1.165) is 10.9 Å². The molecule has 0 fully saturated rings. The number of aliphatic hydroxyl groups excluding tert-OH is 1. The number of benzene rings is 2. The zero-order valence-corrected chi connectivity index (χ0v) is 11.0. The first-order chi connectivity index (χ1) is 9.95. The average molecular weight is 292 g/mol. The van der Waals surface area contributed by atoms with E-state index in [2.05, 4.69) is 0 Å². The van der Waals surface area contributed by atoms with Gasteiger partial charge in [-0.3, -0.25) is 0 Å². The number of aliphatic hydroxyl groups is 1. The highest BCUT2D eigenvalue weighted by Gasteiger charge is 2.21. The van der Waals surface area contributed by atoms with Gasteiger partial charge in [-0.25, -0.2) is 13.2 Å². The Morgan fingerprint density at radius 2 is 1.67 bits per heavy atom. The van der Waals surface area contributed by atoms with Crippen LogP contribution < -0.4 is 0 Å². The maximum Gasteiger partial charge on any atom is 0.161 e. The maximum absolute atomic E-state index is 13.7. The lowest BCUT2D eigenvalue weighted by Gasteiger charge is -2.09. The number of halogens is 3. The minimum Gasteiger partial charge on any atom is -0.458 e. The summed E-state index contributed by atoms with van der Waals surface area (Å²) >= 11 is 0. The molecule has 0 radical (unpaired) electrons. The first-order valence-electron chi connectivity index (χ1n) is 6.28. The van der Waals surface area contributed by atoms with Crippen molar-refractivity contribution in [3.8, 4) is 0 Å².